The van der Waals surface area contributed by atoms with Gasteiger partial charge in [0.15, 0.2) is 0 Å². The minimum Gasteiger partial charge on any atom is -0.461 e. The molecule has 15 aromatic carbocycles. The molecule has 18 rings (SSSR count). The Balaban J connectivity index is 0.655. The van der Waals surface area contributed by atoms with Crippen molar-refractivity contribution in [3.63, 3.8) is 0 Å². The van der Waals surface area contributed by atoms with Crippen LogP contribution >= 0.6 is 0 Å². The van der Waals surface area contributed by atoms with Crippen molar-refractivity contribution in [1.29, 1.82) is 0 Å². The quantitative estimate of drug-likeness (QED) is 0.134. The first-order chi connectivity index (χ1) is 44.6. The Hall–Kier alpha value is -11.6. The van der Waals surface area contributed by atoms with Crippen LogP contribution in [0.4, 0.5) is 0 Å². The lowest BCUT2D eigenvalue weighted by atomic mass is 9.82. The third-order valence-electron chi connectivity index (χ3n) is 19.0. The summed E-state index contributed by atoms with van der Waals surface area (Å²) in [6.07, 6.45) is 5.46. The van der Waals surface area contributed by atoms with E-state index in [9.17, 15) is 0 Å². The molecular formula is C88H56O2. The van der Waals surface area contributed by atoms with E-state index in [0.29, 0.717) is 0 Å². The molecule has 2 heterocycles. The first kappa shape index (κ1) is 51.6. The van der Waals surface area contributed by atoms with E-state index in [-0.39, 0.29) is 5.92 Å². The molecule has 0 fully saturated rings. The highest BCUT2D eigenvalue weighted by Crippen LogP contribution is 2.52. The Morgan fingerprint density at radius 3 is 1.21 bits per heavy atom. The fraction of sp³-hybridized carbons (Fsp3) is 0.0227. The minimum absolute atomic E-state index is 0.132. The molecule has 1 aromatic heterocycles. The first-order valence-corrected chi connectivity index (χ1v) is 31.2. The van der Waals surface area contributed by atoms with Crippen molar-refractivity contribution in [2.75, 3.05) is 0 Å². The highest BCUT2D eigenvalue weighted by molar-refractivity contribution is 6.25. The van der Waals surface area contributed by atoms with Crippen LogP contribution in [0.5, 0.6) is 5.75 Å². The van der Waals surface area contributed by atoms with Gasteiger partial charge in [0.2, 0.25) is 0 Å². The largest absolute Gasteiger partial charge is 0.461 e. The molecule has 420 valence electrons. The van der Waals surface area contributed by atoms with E-state index >= 15 is 0 Å². The Morgan fingerprint density at radius 2 is 0.678 bits per heavy atom. The maximum atomic E-state index is 6.75. The first-order valence-electron chi connectivity index (χ1n) is 31.2. The van der Waals surface area contributed by atoms with Crippen LogP contribution in [0, 0.1) is 0 Å². The van der Waals surface area contributed by atoms with E-state index in [0.717, 1.165) is 56.6 Å². The zero-order valence-electron chi connectivity index (χ0n) is 49.2. The van der Waals surface area contributed by atoms with Crippen LogP contribution in [-0.4, -0.2) is 0 Å². The lowest BCUT2D eigenvalue weighted by molar-refractivity contribution is 0.426. The van der Waals surface area contributed by atoms with Crippen molar-refractivity contribution in [2.45, 2.75) is 12.3 Å². The molecule has 0 spiro atoms. The van der Waals surface area contributed by atoms with Gasteiger partial charge in [-0.05, 0) is 198 Å². The summed E-state index contributed by atoms with van der Waals surface area (Å²) in [5, 5.41) is 12.1. The molecule has 1 unspecified atom stereocenters. The number of hydrogen-bond donors (Lipinski definition) is 0. The molecule has 0 N–H and O–H groups in total. The summed E-state index contributed by atoms with van der Waals surface area (Å²) >= 11 is 0. The van der Waals surface area contributed by atoms with Gasteiger partial charge in [-0.15, -0.1) is 0 Å². The Labute approximate surface area is 522 Å². The highest BCUT2D eigenvalue weighted by atomic mass is 16.5. The Bertz CT molecular complexity index is 5550. The second kappa shape index (κ2) is 21.1. The minimum atomic E-state index is 0.132. The number of benzene rings is 15. The molecule has 16 aromatic rings. The molecule has 1 atom stereocenters. The third-order valence-corrected chi connectivity index (χ3v) is 19.0. The summed E-state index contributed by atoms with van der Waals surface area (Å²) in [6, 6.07) is 113. The van der Waals surface area contributed by atoms with E-state index < -0.39 is 0 Å². The van der Waals surface area contributed by atoms with Crippen LogP contribution in [0.25, 0.3) is 160 Å². The van der Waals surface area contributed by atoms with E-state index in [4.69, 9.17) is 9.15 Å². The van der Waals surface area contributed by atoms with E-state index in [1.165, 1.54) is 132 Å². The number of rotatable bonds is 9. The van der Waals surface area contributed by atoms with Crippen LogP contribution in [0.2, 0.25) is 0 Å². The monoisotopic (exact) mass is 1140 g/mol. The number of allylic oxidation sites excluding steroid dienone is 4. The van der Waals surface area contributed by atoms with Crippen LogP contribution in [0.1, 0.15) is 23.5 Å². The van der Waals surface area contributed by atoms with Crippen LogP contribution < -0.4 is 4.74 Å². The normalized spacial score (nSPS) is 13.6. The lowest BCUT2D eigenvalue weighted by Crippen LogP contribution is -2.03. The Kier molecular flexibility index (Phi) is 12.1. The summed E-state index contributed by atoms with van der Waals surface area (Å²) in [5.41, 5.74) is 24.6. The molecule has 1 aliphatic heterocycles. The molecular weight excluding hydrogens is 1090 g/mol. The van der Waals surface area contributed by atoms with E-state index in [2.05, 4.69) is 322 Å². The van der Waals surface area contributed by atoms with Crippen molar-refractivity contribution < 1.29 is 9.15 Å². The molecule has 1 aliphatic carbocycles. The summed E-state index contributed by atoms with van der Waals surface area (Å²) in [4.78, 5) is 0. The van der Waals surface area contributed by atoms with Gasteiger partial charge in [-0.1, -0.05) is 273 Å². The molecule has 2 heteroatoms. The molecule has 90 heavy (non-hydrogen) atoms. The smallest absolute Gasteiger partial charge is 0.136 e. The van der Waals surface area contributed by atoms with Crippen molar-refractivity contribution in [1.82, 2.24) is 0 Å². The van der Waals surface area contributed by atoms with Crippen molar-refractivity contribution in [2.24, 2.45) is 0 Å². The summed E-state index contributed by atoms with van der Waals surface area (Å²) in [6.45, 7) is 0. The number of furan rings is 1. The predicted octanol–water partition coefficient (Wildman–Crippen LogP) is 24.4. The average Bonchev–Trinajstić information content (AvgIpc) is 1.01. The molecule has 0 saturated heterocycles. The highest BCUT2D eigenvalue weighted by Gasteiger charge is 2.32. The number of ether oxygens (including phenoxy) is 1. The van der Waals surface area contributed by atoms with Gasteiger partial charge in [0, 0.05) is 22.3 Å². The van der Waals surface area contributed by atoms with Gasteiger partial charge in [0.05, 0.1) is 0 Å². The summed E-state index contributed by atoms with van der Waals surface area (Å²) in [5.74, 6) is 2.05. The van der Waals surface area contributed by atoms with Gasteiger partial charge in [0.1, 0.15) is 22.7 Å². The second-order valence-corrected chi connectivity index (χ2v) is 24.0. The van der Waals surface area contributed by atoms with Crippen LogP contribution in [0.15, 0.2) is 332 Å². The maximum absolute atomic E-state index is 6.75. The van der Waals surface area contributed by atoms with Crippen molar-refractivity contribution >= 4 is 70.6 Å². The van der Waals surface area contributed by atoms with Gasteiger partial charge >= 0.3 is 0 Å². The SMILES string of the molecule is C1=C(c2ccc3c(c2)oc2ccc(-c4ccccc4-c4c5ccccc5c(-c5ccccc5-c5ccccc5)c5ccccc45)cc23)C=C2Oc3ccc(-c4cccc(-c5c6ccccc6c(-c6ccccc6-c6ccccc6)c6ccccc56)c4)cc3C2C1. The molecule has 0 bridgehead atoms. The van der Waals surface area contributed by atoms with Gasteiger partial charge in [-0.25, -0.2) is 0 Å². The molecule has 0 saturated carbocycles. The van der Waals surface area contributed by atoms with Gasteiger partial charge in [-0.2, -0.15) is 0 Å². The van der Waals surface area contributed by atoms with Gasteiger partial charge in [0.25, 0.3) is 0 Å². The predicted molar refractivity (Wildman–Crippen MR) is 378 cm³/mol. The van der Waals surface area contributed by atoms with E-state index in [1.54, 1.807) is 0 Å². The van der Waals surface area contributed by atoms with Crippen molar-refractivity contribution in [3.8, 4) is 94.8 Å². The Morgan fingerprint density at radius 1 is 0.256 bits per heavy atom. The van der Waals surface area contributed by atoms with Crippen LogP contribution in [0.3, 0.4) is 0 Å². The zero-order chi connectivity index (χ0) is 59.2. The van der Waals surface area contributed by atoms with Crippen molar-refractivity contribution in [3.05, 3.63) is 338 Å². The maximum Gasteiger partial charge on any atom is 0.136 e. The molecule has 0 radical (unpaired) electrons. The molecule has 0 amide bonds. The number of hydrogen-bond acceptors (Lipinski definition) is 2. The van der Waals surface area contributed by atoms with Crippen LogP contribution in [-0.2, 0) is 0 Å². The lowest BCUT2D eigenvalue weighted by Gasteiger charge is -2.21. The fourth-order valence-corrected chi connectivity index (χ4v) is 15.0. The fourth-order valence-electron chi connectivity index (χ4n) is 15.0. The average molecular weight is 1150 g/mol. The molecule has 2 nitrogen and oxygen atoms in total. The van der Waals surface area contributed by atoms with Gasteiger partial charge in [-0.3, -0.25) is 0 Å². The zero-order valence-corrected chi connectivity index (χ0v) is 49.2. The second-order valence-electron chi connectivity index (χ2n) is 24.0. The summed E-state index contributed by atoms with van der Waals surface area (Å²) in [7, 11) is 0. The third kappa shape index (κ3) is 8.40. The van der Waals surface area contributed by atoms with Gasteiger partial charge < -0.3 is 9.15 Å². The topological polar surface area (TPSA) is 22.4 Å². The van der Waals surface area contributed by atoms with E-state index in [1.807, 2.05) is 0 Å². The number of fused-ring (bicyclic) bond motifs is 10. The standard InChI is InChI=1S/C88H56O2/c1-3-22-55(23-4-1)63-28-7-10-31-68(63)86-73-36-15-13-34-71(73)85(72-35-14-16-37-74(72)86)62-27-21-26-57(50-62)58-44-48-81-79(51-58)66-46-42-59(53-83(66)89-81)60-43-47-67-80-52-61(45-49-82(80)90-84(67)54-60)65-30-9-12-33-70(65)88-77-40-19-17-38-75(77)87(76-39-18-20-41-78(76)88)69-32-11-8-29-64(69)56-24-5-2-6-25-56/h1-45,47-54,66H,46H2. The molecule has 2 aliphatic rings. The summed E-state index contributed by atoms with van der Waals surface area (Å²) < 4.78 is 13.5.